The van der Waals surface area contributed by atoms with E-state index in [0.29, 0.717) is 0 Å². The van der Waals surface area contributed by atoms with E-state index in [9.17, 15) is 19.7 Å². The summed E-state index contributed by atoms with van der Waals surface area (Å²) in [7, 11) is 1.31. The smallest absolute Gasteiger partial charge is 0.345 e. The van der Waals surface area contributed by atoms with Gasteiger partial charge in [-0.15, -0.1) is 0 Å². The van der Waals surface area contributed by atoms with Gasteiger partial charge in [0.1, 0.15) is 11.6 Å². The third-order valence-electron chi connectivity index (χ3n) is 3.65. The highest BCUT2D eigenvalue weighted by molar-refractivity contribution is 5.98. The van der Waals surface area contributed by atoms with Crippen LogP contribution in [0.4, 0.5) is 11.4 Å². The predicted molar refractivity (Wildman–Crippen MR) is 101 cm³/mol. The molecule has 1 N–H and O–H groups in total. The highest BCUT2D eigenvalue weighted by Gasteiger charge is 2.26. The van der Waals surface area contributed by atoms with Crippen LogP contribution in [0.25, 0.3) is 0 Å². The fourth-order valence-corrected chi connectivity index (χ4v) is 2.38. The van der Waals surface area contributed by atoms with E-state index in [0.717, 1.165) is 12.1 Å². The molecule has 29 heavy (non-hydrogen) atoms. The van der Waals surface area contributed by atoms with Crippen molar-refractivity contribution in [3.63, 3.8) is 0 Å². The first-order chi connectivity index (χ1) is 13.9. The molecule has 2 rings (SSSR count). The van der Waals surface area contributed by atoms with Gasteiger partial charge in [-0.1, -0.05) is 12.1 Å². The number of benzene rings is 2. The maximum Gasteiger partial charge on any atom is 0.345 e. The summed E-state index contributed by atoms with van der Waals surface area (Å²) in [6.45, 7) is 1.23. The molecule has 0 heterocycles. The number of hydrogen-bond acceptors (Lipinski definition) is 8. The Morgan fingerprint density at radius 1 is 1.24 bits per heavy atom. The Balaban J connectivity index is 2.17. The third kappa shape index (κ3) is 5.20. The first-order valence-electron chi connectivity index (χ1n) is 8.36. The van der Waals surface area contributed by atoms with Crippen molar-refractivity contribution in [3.05, 3.63) is 57.6 Å². The molecule has 0 spiro atoms. The molecular formula is C19H17N3O7. The van der Waals surface area contributed by atoms with Crippen LogP contribution in [0.1, 0.15) is 22.8 Å². The standard InChI is InChI=1S/C19H17N3O7/c1-3-28-17-8-13(15(22(25)26)9-16(17)27-2)19(24)29-11-18(23)21-14-7-5-4-6-12(14)10-20/h4-9H,3,11H2,1-2H3,(H,21,23). The Labute approximate surface area is 165 Å². The molecular weight excluding hydrogens is 382 g/mol. The van der Waals surface area contributed by atoms with Crippen molar-refractivity contribution >= 4 is 23.3 Å². The summed E-state index contributed by atoms with van der Waals surface area (Å²) >= 11 is 0. The lowest BCUT2D eigenvalue weighted by atomic mass is 10.1. The van der Waals surface area contributed by atoms with E-state index < -0.39 is 29.1 Å². The molecule has 0 saturated heterocycles. The number of methoxy groups -OCH3 is 1. The van der Waals surface area contributed by atoms with E-state index in [1.807, 2.05) is 6.07 Å². The van der Waals surface area contributed by atoms with E-state index in [-0.39, 0.29) is 34.9 Å². The number of hydrogen-bond donors (Lipinski definition) is 1. The van der Waals surface area contributed by atoms with Crippen LogP contribution in [0.5, 0.6) is 11.5 Å². The second kappa shape index (κ2) is 9.70. The molecule has 0 aromatic heterocycles. The Kier molecular flexibility index (Phi) is 7.08. The van der Waals surface area contributed by atoms with Crippen molar-refractivity contribution < 1.29 is 28.7 Å². The zero-order valence-corrected chi connectivity index (χ0v) is 15.6. The van der Waals surface area contributed by atoms with Gasteiger partial charge < -0.3 is 19.5 Å². The van der Waals surface area contributed by atoms with E-state index in [1.54, 1.807) is 19.1 Å². The molecule has 1 amide bonds. The van der Waals surface area contributed by atoms with Gasteiger partial charge in [0.2, 0.25) is 0 Å². The minimum absolute atomic E-state index is 0.0842. The Morgan fingerprint density at radius 2 is 1.97 bits per heavy atom. The van der Waals surface area contributed by atoms with Crippen LogP contribution >= 0.6 is 0 Å². The van der Waals surface area contributed by atoms with Gasteiger partial charge in [-0.05, 0) is 19.1 Å². The SMILES string of the molecule is CCOc1cc(C(=O)OCC(=O)Nc2ccccc2C#N)c([N+](=O)[O-])cc1OC. The van der Waals surface area contributed by atoms with E-state index in [1.165, 1.54) is 19.2 Å². The van der Waals surface area contributed by atoms with Crippen LogP contribution in [0.15, 0.2) is 36.4 Å². The van der Waals surface area contributed by atoms with Crippen molar-refractivity contribution in [2.75, 3.05) is 25.6 Å². The number of amides is 1. The summed E-state index contributed by atoms with van der Waals surface area (Å²) in [6.07, 6.45) is 0. The Hall–Kier alpha value is -4.13. The summed E-state index contributed by atoms with van der Waals surface area (Å²) in [4.78, 5) is 34.9. The molecule has 0 saturated carbocycles. The van der Waals surface area contributed by atoms with Gasteiger partial charge in [0.05, 0.1) is 36.0 Å². The predicted octanol–water partition coefficient (Wildman–Crippen LogP) is 2.67. The molecule has 150 valence electrons. The molecule has 2 aromatic carbocycles. The number of anilines is 1. The number of rotatable bonds is 8. The van der Waals surface area contributed by atoms with E-state index in [4.69, 9.17) is 19.5 Å². The number of nitrogens with one attached hydrogen (secondary N) is 1. The molecule has 10 heteroatoms. The number of carbonyl (C=O) groups excluding carboxylic acids is 2. The molecule has 0 aliphatic carbocycles. The molecule has 0 bridgehead atoms. The lowest BCUT2D eigenvalue weighted by Gasteiger charge is -2.12. The third-order valence-corrected chi connectivity index (χ3v) is 3.65. The van der Waals surface area contributed by atoms with Crippen molar-refractivity contribution in [3.8, 4) is 17.6 Å². The van der Waals surface area contributed by atoms with Gasteiger partial charge in [-0.25, -0.2) is 4.79 Å². The average Bonchev–Trinajstić information content (AvgIpc) is 2.72. The van der Waals surface area contributed by atoms with Crippen LogP contribution < -0.4 is 14.8 Å². The van der Waals surface area contributed by atoms with E-state index >= 15 is 0 Å². The highest BCUT2D eigenvalue weighted by atomic mass is 16.6. The fourth-order valence-electron chi connectivity index (χ4n) is 2.38. The summed E-state index contributed by atoms with van der Waals surface area (Å²) in [5, 5.41) is 22.8. The van der Waals surface area contributed by atoms with Gasteiger partial charge in [0, 0.05) is 6.07 Å². The van der Waals surface area contributed by atoms with Gasteiger partial charge in [0.25, 0.3) is 11.6 Å². The number of nitro groups is 1. The maximum absolute atomic E-state index is 12.4. The van der Waals surface area contributed by atoms with Gasteiger partial charge in [-0.3, -0.25) is 14.9 Å². The number of carbonyl (C=O) groups is 2. The second-order valence-electron chi connectivity index (χ2n) is 5.49. The number of ether oxygens (including phenoxy) is 3. The van der Waals surface area contributed by atoms with Gasteiger partial charge in [0.15, 0.2) is 18.1 Å². The molecule has 0 aliphatic rings. The molecule has 0 radical (unpaired) electrons. The molecule has 0 fully saturated rings. The molecule has 0 aliphatic heterocycles. The maximum atomic E-state index is 12.4. The van der Waals surface area contributed by atoms with E-state index in [2.05, 4.69) is 5.32 Å². The number of nitrogens with zero attached hydrogens (tertiary/aromatic N) is 2. The zero-order chi connectivity index (χ0) is 21.4. The van der Waals surface area contributed by atoms with Crippen LogP contribution in [0, 0.1) is 21.4 Å². The Morgan fingerprint density at radius 3 is 2.59 bits per heavy atom. The van der Waals surface area contributed by atoms with Crippen molar-refractivity contribution in [1.29, 1.82) is 5.26 Å². The summed E-state index contributed by atoms with van der Waals surface area (Å²) < 4.78 is 15.3. The number of esters is 1. The van der Waals surface area contributed by atoms with Gasteiger partial charge >= 0.3 is 5.97 Å². The average molecular weight is 399 g/mol. The normalized spacial score (nSPS) is 9.83. The van der Waals surface area contributed by atoms with Crippen LogP contribution in [-0.2, 0) is 9.53 Å². The van der Waals surface area contributed by atoms with Crippen molar-refractivity contribution in [2.45, 2.75) is 6.92 Å². The monoisotopic (exact) mass is 399 g/mol. The molecule has 10 nitrogen and oxygen atoms in total. The zero-order valence-electron chi connectivity index (χ0n) is 15.6. The number of nitriles is 1. The first-order valence-corrected chi connectivity index (χ1v) is 8.36. The lowest BCUT2D eigenvalue weighted by Crippen LogP contribution is -2.21. The molecule has 0 unspecified atom stereocenters. The lowest BCUT2D eigenvalue weighted by molar-refractivity contribution is -0.385. The summed E-state index contributed by atoms with van der Waals surface area (Å²) in [6, 6.07) is 10.4. The quantitative estimate of drug-likeness (QED) is 0.406. The molecule has 2 aromatic rings. The van der Waals surface area contributed by atoms with Crippen LogP contribution in [0.3, 0.4) is 0 Å². The Bertz CT molecular complexity index is 982. The second-order valence-corrected chi connectivity index (χ2v) is 5.49. The number of para-hydroxylation sites is 1. The first kappa shape index (κ1) is 21.2. The highest BCUT2D eigenvalue weighted by Crippen LogP contribution is 2.35. The summed E-state index contributed by atoms with van der Waals surface area (Å²) in [5.41, 5.74) is -0.445. The van der Waals surface area contributed by atoms with Crippen LogP contribution in [0.2, 0.25) is 0 Å². The van der Waals surface area contributed by atoms with Crippen LogP contribution in [-0.4, -0.2) is 37.1 Å². The number of nitro benzene ring substituents is 1. The summed E-state index contributed by atoms with van der Waals surface area (Å²) in [5.74, 6) is -1.58. The largest absolute Gasteiger partial charge is 0.493 e. The minimum atomic E-state index is -1.08. The topological polar surface area (TPSA) is 141 Å². The van der Waals surface area contributed by atoms with Crippen molar-refractivity contribution in [1.82, 2.24) is 0 Å². The van der Waals surface area contributed by atoms with Gasteiger partial charge in [-0.2, -0.15) is 5.26 Å². The minimum Gasteiger partial charge on any atom is -0.493 e. The molecule has 0 atom stereocenters. The van der Waals surface area contributed by atoms with Crippen molar-refractivity contribution in [2.24, 2.45) is 0 Å². The fraction of sp³-hybridized carbons (Fsp3) is 0.211.